The van der Waals surface area contributed by atoms with Gasteiger partial charge in [0, 0.05) is 31.0 Å². The van der Waals surface area contributed by atoms with Crippen LogP contribution in [0.25, 0.3) is 0 Å². The molecule has 10 heteroatoms. The van der Waals surface area contributed by atoms with Gasteiger partial charge in [-0.05, 0) is 50.4 Å². The number of likely N-dealkylation sites (N-methyl/N-ethyl adjacent to an activating group) is 1. The summed E-state index contributed by atoms with van der Waals surface area (Å²) in [6.07, 6.45) is 1.20. The molecule has 1 saturated carbocycles. The lowest BCUT2D eigenvalue weighted by Crippen LogP contribution is -2.63. The van der Waals surface area contributed by atoms with E-state index in [-0.39, 0.29) is 29.7 Å². The quantitative estimate of drug-likeness (QED) is 0.296. The number of benzene rings is 1. The minimum absolute atomic E-state index is 0.0780. The third kappa shape index (κ3) is 4.10. The molecule has 4 aliphatic carbocycles. The summed E-state index contributed by atoms with van der Waals surface area (Å²) in [7, 11) is 3.22. The van der Waals surface area contributed by atoms with Crippen LogP contribution in [0.4, 0.5) is 0 Å². The number of allylic oxidation sites excluding steroid dienone is 4. The van der Waals surface area contributed by atoms with Crippen molar-refractivity contribution in [2.75, 3.05) is 20.6 Å². The van der Waals surface area contributed by atoms with Crippen LogP contribution in [-0.2, 0) is 20.9 Å². The van der Waals surface area contributed by atoms with Crippen LogP contribution in [0, 0.1) is 11.8 Å². The highest BCUT2D eigenvalue weighted by Crippen LogP contribution is 2.54. The predicted molar refractivity (Wildman–Crippen MR) is 141 cm³/mol. The average Bonchev–Trinajstić information content (AvgIpc) is 2.87. The van der Waals surface area contributed by atoms with Gasteiger partial charge >= 0.3 is 0 Å². The van der Waals surface area contributed by atoms with Crippen LogP contribution in [-0.4, -0.2) is 75.1 Å². The predicted octanol–water partition coefficient (Wildman–Crippen LogP) is 1.64. The molecule has 5 rings (SSSR count). The molecule has 0 aliphatic heterocycles. The van der Waals surface area contributed by atoms with Crippen molar-refractivity contribution in [3.63, 3.8) is 0 Å². The number of fused-ring (bicyclic) bond motifs is 3. The molecule has 10 nitrogen and oxygen atoms in total. The summed E-state index contributed by atoms with van der Waals surface area (Å²) in [6, 6.07) is 8.87. The highest BCUT2D eigenvalue weighted by atomic mass is 16.3. The Bertz CT molecular complexity index is 1390. The lowest BCUT2D eigenvalue weighted by Gasteiger charge is -2.50. The van der Waals surface area contributed by atoms with Crippen LogP contribution < -0.4 is 11.1 Å². The van der Waals surface area contributed by atoms with Gasteiger partial charge in [-0.15, -0.1) is 0 Å². The topological polar surface area (TPSA) is 173 Å². The van der Waals surface area contributed by atoms with Crippen molar-refractivity contribution >= 4 is 17.5 Å². The Balaban J connectivity index is 1.55. The van der Waals surface area contributed by atoms with Crippen molar-refractivity contribution in [2.24, 2.45) is 17.6 Å². The second kappa shape index (κ2) is 9.78. The molecule has 1 aromatic carbocycles. The molecule has 1 fully saturated rings. The first-order valence-corrected chi connectivity index (χ1v) is 13.0. The first-order valence-electron chi connectivity index (χ1n) is 13.0. The van der Waals surface area contributed by atoms with Gasteiger partial charge in [0.15, 0.2) is 11.4 Å². The molecule has 0 radical (unpaired) electrons. The first kappa shape index (κ1) is 26.9. The molecular formula is C29H33N3O7. The Labute approximate surface area is 225 Å². The molecule has 0 heterocycles. The van der Waals surface area contributed by atoms with Crippen LogP contribution in [0.5, 0.6) is 0 Å². The molecule has 4 aliphatic rings. The van der Waals surface area contributed by atoms with E-state index in [0.29, 0.717) is 31.5 Å². The zero-order valence-corrected chi connectivity index (χ0v) is 21.9. The highest BCUT2D eigenvalue weighted by Gasteiger charge is 2.63. The number of hydrogen-bond acceptors (Lipinski definition) is 9. The number of carbonyl (C=O) groups excluding carboxylic acids is 3. The van der Waals surface area contributed by atoms with Gasteiger partial charge in [0.2, 0.25) is 5.78 Å². The van der Waals surface area contributed by atoms with E-state index in [1.807, 2.05) is 30.3 Å². The Hall–Kier alpha value is -3.73. The fraction of sp³-hybridized carbons (Fsp3) is 0.414. The van der Waals surface area contributed by atoms with E-state index in [9.17, 15) is 34.8 Å². The fourth-order valence-corrected chi connectivity index (χ4v) is 6.71. The number of nitrogens with zero attached hydrogens (tertiary/aromatic N) is 1. The zero-order valence-electron chi connectivity index (χ0n) is 21.9. The smallest absolute Gasteiger partial charge is 0.255 e. The number of nitrogens with two attached hydrogens (primary N) is 1. The number of ketones is 2. The number of rotatable bonds is 6. The fourth-order valence-electron chi connectivity index (χ4n) is 6.71. The van der Waals surface area contributed by atoms with Crippen molar-refractivity contribution in [1.82, 2.24) is 10.2 Å². The van der Waals surface area contributed by atoms with Gasteiger partial charge in [-0.25, -0.2) is 0 Å². The zero-order chi connectivity index (χ0) is 28.2. The van der Waals surface area contributed by atoms with E-state index in [1.165, 1.54) is 0 Å². The number of primary amides is 1. The summed E-state index contributed by atoms with van der Waals surface area (Å²) in [5.74, 6) is -6.24. The molecule has 1 aromatic rings. The Morgan fingerprint density at radius 3 is 2.44 bits per heavy atom. The van der Waals surface area contributed by atoms with Crippen molar-refractivity contribution in [3.8, 4) is 0 Å². The summed E-state index contributed by atoms with van der Waals surface area (Å²) in [5.41, 5.74) is 4.69. The molecule has 1 amide bonds. The van der Waals surface area contributed by atoms with Gasteiger partial charge in [-0.3, -0.25) is 19.3 Å². The SMILES string of the molecule is CN(C)C1C(O)=C(C(N)=O)C(=O)[C@@]2(O)C(O)=C3C(=O)C4=C(O)CCC(CNCc5ccccc5)=C4C[C@H]3C[C@@H]12. The Morgan fingerprint density at radius 2 is 1.79 bits per heavy atom. The maximum atomic E-state index is 13.8. The number of aliphatic hydroxyl groups excluding tert-OH is 3. The van der Waals surface area contributed by atoms with Crippen molar-refractivity contribution in [1.29, 1.82) is 0 Å². The van der Waals surface area contributed by atoms with Gasteiger partial charge in [-0.2, -0.15) is 0 Å². The molecule has 39 heavy (non-hydrogen) atoms. The van der Waals surface area contributed by atoms with E-state index in [1.54, 1.807) is 19.0 Å². The van der Waals surface area contributed by atoms with Gasteiger partial charge < -0.3 is 31.5 Å². The molecule has 4 atom stereocenters. The van der Waals surface area contributed by atoms with Crippen LogP contribution >= 0.6 is 0 Å². The number of Topliss-reactive ketones (excluding diaryl/α,β-unsaturated/α-hetero) is 2. The maximum absolute atomic E-state index is 13.8. The third-order valence-corrected chi connectivity index (χ3v) is 8.51. The lowest BCUT2D eigenvalue weighted by atomic mass is 9.57. The van der Waals surface area contributed by atoms with Crippen molar-refractivity contribution in [2.45, 2.75) is 43.9 Å². The van der Waals surface area contributed by atoms with E-state index in [0.717, 1.165) is 11.1 Å². The first-order chi connectivity index (χ1) is 18.5. The number of amides is 1. The average molecular weight is 536 g/mol. The summed E-state index contributed by atoms with van der Waals surface area (Å²) >= 11 is 0. The normalized spacial score (nSPS) is 29.1. The summed E-state index contributed by atoms with van der Waals surface area (Å²) in [5, 5.41) is 48.1. The molecule has 7 N–H and O–H groups in total. The van der Waals surface area contributed by atoms with E-state index in [2.05, 4.69) is 5.32 Å². The van der Waals surface area contributed by atoms with E-state index in [4.69, 9.17) is 5.73 Å². The number of carbonyl (C=O) groups is 3. The molecule has 0 saturated heterocycles. The van der Waals surface area contributed by atoms with Crippen molar-refractivity contribution in [3.05, 3.63) is 81.0 Å². The van der Waals surface area contributed by atoms with Crippen LogP contribution in [0.3, 0.4) is 0 Å². The van der Waals surface area contributed by atoms with Crippen LogP contribution in [0.15, 0.2) is 75.5 Å². The second-order valence-corrected chi connectivity index (χ2v) is 11.0. The summed E-state index contributed by atoms with van der Waals surface area (Å²) in [6.45, 7) is 1.13. The monoisotopic (exact) mass is 535 g/mol. The van der Waals surface area contributed by atoms with E-state index >= 15 is 0 Å². The maximum Gasteiger partial charge on any atom is 0.255 e. The summed E-state index contributed by atoms with van der Waals surface area (Å²) < 4.78 is 0. The number of nitrogens with one attached hydrogen (secondary N) is 1. The Morgan fingerprint density at radius 1 is 1.10 bits per heavy atom. The largest absolute Gasteiger partial charge is 0.512 e. The van der Waals surface area contributed by atoms with Crippen molar-refractivity contribution < 1.29 is 34.8 Å². The van der Waals surface area contributed by atoms with Gasteiger partial charge in [0.25, 0.3) is 5.91 Å². The third-order valence-electron chi connectivity index (χ3n) is 8.51. The molecule has 1 unspecified atom stereocenters. The lowest BCUT2D eigenvalue weighted by molar-refractivity contribution is -0.149. The van der Waals surface area contributed by atoms with Gasteiger partial charge in [0.05, 0.1) is 11.6 Å². The molecule has 0 bridgehead atoms. The van der Waals surface area contributed by atoms with Crippen LogP contribution in [0.1, 0.15) is 31.2 Å². The van der Waals surface area contributed by atoms with E-state index < -0.39 is 58.0 Å². The Kier molecular flexibility index (Phi) is 6.74. The van der Waals surface area contributed by atoms with Gasteiger partial charge in [0.1, 0.15) is 22.9 Å². The van der Waals surface area contributed by atoms with Crippen LogP contribution in [0.2, 0.25) is 0 Å². The molecule has 0 aromatic heterocycles. The standard InChI is InChI=1S/C29H33N3O7/c1-32(2)23-18-11-16-10-17-15(13-31-12-14-6-4-3-5-7-14)8-9-19(33)21(17)24(34)20(16)26(36)29(18,39)27(37)22(25(23)35)28(30)38/h3-7,16,18,23,31,33,35-36,39H,8-13H2,1-2H3,(H2,30,38)/t16-,18-,23?,29-/m0/s1. The molecular weight excluding hydrogens is 502 g/mol. The molecule has 206 valence electrons. The molecule has 0 spiro atoms. The second-order valence-electron chi connectivity index (χ2n) is 11.0. The minimum Gasteiger partial charge on any atom is -0.512 e. The highest BCUT2D eigenvalue weighted by molar-refractivity contribution is 6.24. The number of hydrogen-bond donors (Lipinski definition) is 6. The van der Waals surface area contributed by atoms with Gasteiger partial charge in [-0.1, -0.05) is 35.9 Å². The summed E-state index contributed by atoms with van der Waals surface area (Å²) in [4.78, 5) is 40.8. The minimum atomic E-state index is -2.63. The number of aliphatic hydroxyl groups is 4.